The number of aldehydes is 1. The van der Waals surface area contributed by atoms with E-state index >= 15 is 0 Å². The number of nitrogens with two attached hydrogens (primary N) is 1. The zero-order valence-corrected chi connectivity index (χ0v) is 15.8. The highest BCUT2D eigenvalue weighted by atomic mass is 35.5. The van der Waals surface area contributed by atoms with Crippen molar-refractivity contribution in [1.82, 2.24) is 19.4 Å². The third kappa shape index (κ3) is 3.11. The van der Waals surface area contributed by atoms with E-state index in [4.69, 9.17) is 26.8 Å². The average Bonchev–Trinajstić information content (AvgIpc) is 3.21. The fourth-order valence-corrected chi connectivity index (χ4v) is 3.71. The summed E-state index contributed by atoms with van der Waals surface area (Å²) in [7, 11) is 0. The Labute approximate surface area is 166 Å². The number of halogens is 1. The summed E-state index contributed by atoms with van der Waals surface area (Å²) in [5, 5.41) is 0.227. The zero-order chi connectivity index (χ0) is 19.7. The Morgan fingerprint density at radius 2 is 2.25 bits per heavy atom. The number of fused-ring (bicyclic) bond motifs is 1. The summed E-state index contributed by atoms with van der Waals surface area (Å²) in [6, 6.07) is 2.71. The van der Waals surface area contributed by atoms with Gasteiger partial charge in [-0.25, -0.2) is 4.79 Å². The van der Waals surface area contributed by atoms with E-state index in [1.54, 1.807) is 12.1 Å². The molecule has 2 aliphatic rings. The molecule has 2 aliphatic heterocycles. The molecule has 4 rings (SSSR count). The molecular formula is C18H19ClN5O4+. The number of aromatic nitrogens is 3. The third-order valence-corrected chi connectivity index (χ3v) is 5.24. The van der Waals surface area contributed by atoms with E-state index in [0.717, 1.165) is 12.0 Å². The lowest BCUT2D eigenvalue weighted by Crippen LogP contribution is -2.57. The number of hydrogen-bond donors (Lipinski definition) is 1. The highest BCUT2D eigenvalue weighted by Crippen LogP contribution is 2.39. The number of urea groups is 1. The van der Waals surface area contributed by atoms with Crippen LogP contribution in [0.3, 0.4) is 0 Å². The molecule has 1 saturated heterocycles. The summed E-state index contributed by atoms with van der Waals surface area (Å²) in [4.78, 5) is 37.0. The summed E-state index contributed by atoms with van der Waals surface area (Å²) in [5.74, 6) is 0.641. The number of aryl methyl sites for hydroxylation is 1. The van der Waals surface area contributed by atoms with Gasteiger partial charge in [-0.2, -0.15) is 9.97 Å². The molecule has 0 saturated carbocycles. The van der Waals surface area contributed by atoms with Crippen LogP contribution in [-0.2, 0) is 11.2 Å². The summed E-state index contributed by atoms with van der Waals surface area (Å²) < 4.78 is 10.7. The number of rotatable bonds is 4. The van der Waals surface area contributed by atoms with Crippen molar-refractivity contribution in [3.63, 3.8) is 0 Å². The minimum atomic E-state index is -0.686. The Kier molecular flexibility index (Phi) is 4.96. The Bertz CT molecular complexity index is 934. The summed E-state index contributed by atoms with van der Waals surface area (Å²) in [5.41, 5.74) is 6.85. The van der Waals surface area contributed by atoms with Gasteiger partial charge in [-0.15, -0.1) is 9.47 Å². The first-order valence-corrected chi connectivity index (χ1v) is 9.33. The number of pyridine rings is 1. The van der Waals surface area contributed by atoms with Crippen molar-refractivity contribution in [2.24, 2.45) is 5.73 Å². The Balaban J connectivity index is 1.83. The number of nitrogens with zero attached hydrogens (tertiary/aromatic N) is 4. The van der Waals surface area contributed by atoms with E-state index < -0.39 is 10.5 Å². The van der Waals surface area contributed by atoms with Crippen molar-refractivity contribution in [2.45, 2.75) is 25.4 Å². The fourth-order valence-electron chi connectivity index (χ4n) is 3.58. The van der Waals surface area contributed by atoms with Gasteiger partial charge in [0.1, 0.15) is 23.4 Å². The van der Waals surface area contributed by atoms with Crippen LogP contribution in [0.1, 0.15) is 28.9 Å². The van der Waals surface area contributed by atoms with Gasteiger partial charge in [-0.05, 0) is 18.6 Å². The van der Waals surface area contributed by atoms with E-state index in [1.165, 1.54) is 6.20 Å². The van der Waals surface area contributed by atoms with E-state index in [1.807, 2.05) is 0 Å². The molecule has 0 aromatic carbocycles. The van der Waals surface area contributed by atoms with E-state index in [9.17, 15) is 9.59 Å². The van der Waals surface area contributed by atoms with Gasteiger partial charge in [-0.3, -0.25) is 4.79 Å². The van der Waals surface area contributed by atoms with Gasteiger partial charge in [0, 0.05) is 18.4 Å². The number of carbonyl (C=O) groups is 2. The molecule has 0 aliphatic carbocycles. The first-order chi connectivity index (χ1) is 13.5. The zero-order valence-electron chi connectivity index (χ0n) is 15.0. The van der Waals surface area contributed by atoms with Crippen molar-refractivity contribution in [2.75, 3.05) is 19.8 Å². The Hall–Kier alpha value is -2.62. The second-order valence-corrected chi connectivity index (χ2v) is 7.15. The van der Waals surface area contributed by atoms with Crippen molar-refractivity contribution < 1.29 is 19.1 Å². The SMILES string of the molecule is NC(=O)[N+]1(c2ncc(Cl)c(OC3CCOC3)n2)CCCc2ccc(C=O)nc21. The molecule has 2 aromatic heterocycles. The topological polar surface area (TPSA) is 117 Å². The van der Waals surface area contributed by atoms with E-state index in [2.05, 4.69) is 15.0 Å². The van der Waals surface area contributed by atoms with Crippen molar-refractivity contribution in [3.05, 3.63) is 34.6 Å². The van der Waals surface area contributed by atoms with Gasteiger partial charge >= 0.3 is 12.0 Å². The van der Waals surface area contributed by atoms with Crippen LogP contribution in [-0.4, -0.2) is 53.1 Å². The van der Waals surface area contributed by atoms with Gasteiger partial charge in [0.05, 0.1) is 19.4 Å². The lowest BCUT2D eigenvalue weighted by atomic mass is 10.0. The van der Waals surface area contributed by atoms with Crippen LogP contribution in [0.2, 0.25) is 5.02 Å². The van der Waals surface area contributed by atoms with E-state index in [-0.39, 0.29) is 28.6 Å². The van der Waals surface area contributed by atoms with E-state index in [0.29, 0.717) is 44.7 Å². The maximum absolute atomic E-state index is 12.7. The highest BCUT2D eigenvalue weighted by molar-refractivity contribution is 6.31. The molecule has 28 heavy (non-hydrogen) atoms. The minimum Gasteiger partial charge on any atom is -0.471 e. The van der Waals surface area contributed by atoms with Gasteiger partial charge < -0.3 is 15.2 Å². The maximum atomic E-state index is 12.7. The molecule has 1 fully saturated rings. The molecule has 0 spiro atoms. The largest absolute Gasteiger partial charge is 0.471 e. The molecule has 146 valence electrons. The van der Waals surface area contributed by atoms with Crippen molar-refractivity contribution >= 4 is 35.7 Å². The molecule has 2 aromatic rings. The fraction of sp³-hybridized carbons (Fsp3) is 0.389. The van der Waals surface area contributed by atoms with Crippen LogP contribution in [0.5, 0.6) is 5.88 Å². The highest BCUT2D eigenvalue weighted by Gasteiger charge is 2.49. The standard InChI is InChI=1S/C18H18ClN5O4/c19-14-8-21-18(23-16(14)28-13-5-7-27-10-13)24(17(20)26)6-1-2-11-3-4-12(9-25)22-15(11)24/h3-4,8-9,13H,1-2,5-7,10H2,(H-,20,26)/p+1. The molecule has 0 bridgehead atoms. The molecule has 4 heterocycles. The van der Waals surface area contributed by atoms with Crippen molar-refractivity contribution in [3.8, 4) is 5.88 Å². The number of carbonyl (C=O) groups excluding carboxylic acids is 2. The van der Waals surface area contributed by atoms with Crippen molar-refractivity contribution in [1.29, 1.82) is 0 Å². The van der Waals surface area contributed by atoms with Crippen LogP contribution in [0.15, 0.2) is 18.3 Å². The predicted molar refractivity (Wildman–Crippen MR) is 101 cm³/mol. The second kappa shape index (κ2) is 7.42. The first kappa shape index (κ1) is 18.7. The number of hydrogen-bond acceptors (Lipinski definition) is 7. The molecule has 2 N–H and O–H groups in total. The second-order valence-electron chi connectivity index (χ2n) is 6.74. The summed E-state index contributed by atoms with van der Waals surface area (Å²) in [6.07, 6.45) is 3.95. The average molecular weight is 405 g/mol. The predicted octanol–water partition coefficient (Wildman–Crippen LogP) is 2.17. The molecule has 9 nitrogen and oxygen atoms in total. The number of primary amides is 1. The number of amides is 2. The number of ether oxygens (including phenoxy) is 2. The lowest BCUT2D eigenvalue weighted by Gasteiger charge is -2.34. The first-order valence-electron chi connectivity index (χ1n) is 8.96. The summed E-state index contributed by atoms with van der Waals surface area (Å²) in [6.45, 7) is 1.37. The Morgan fingerprint density at radius 1 is 1.39 bits per heavy atom. The van der Waals surface area contributed by atoms with Crippen LogP contribution >= 0.6 is 11.6 Å². The minimum absolute atomic E-state index is 0.113. The Morgan fingerprint density at radius 3 is 2.96 bits per heavy atom. The third-order valence-electron chi connectivity index (χ3n) is 4.98. The molecule has 2 amide bonds. The van der Waals surface area contributed by atoms with Crippen LogP contribution < -0.4 is 15.0 Å². The molecule has 0 radical (unpaired) electrons. The van der Waals surface area contributed by atoms with Crippen LogP contribution in [0.4, 0.5) is 16.6 Å². The smallest absolute Gasteiger partial charge is 0.428 e. The van der Waals surface area contributed by atoms with Gasteiger partial charge in [-0.1, -0.05) is 11.6 Å². The number of quaternary nitrogens is 1. The summed E-state index contributed by atoms with van der Waals surface area (Å²) >= 11 is 6.21. The van der Waals surface area contributed by atoms with Gasteiger partial charge in [0.2, 0.25) is 11.7 Å². The lowest BCUT2D eigenvalue weighted by molar-refractivity contribution is 0.111. The van der Waals surface area contributed by atoms with Crippen LogP contribution in [0, 0.1) is 0 Å². The maximum Gasteiger partial charge on any atom is 0.428 e. The monoisotopic (exact) mass is 404 g/mol. The van der Waals surface area contributed by atoms with Gasteiger partial charge in [0.15, 0.2) is 6.29 Å². The molecule has 2 unspecified atom stereocenters. The molecule has 2 atom stereocenters. The molecule has 10 heteroatoms. The van der Waals surface area contributed by atoms with Crippen LogP contribution in [0.25, 0.3) is 0 Å². The molecular weight excluding hydrogens is 386 g/mol. The quantitative estimate of drug-likeness (QED) is 0.612. The normalized spacial score (nSPS) is 23.8. The van der Waals surface area contributed by atoms with Gasteiger partial charge in [0.25, 0.3) is 0 Å².